The summed E-state index contributed by atoms with van der Waals surface area (Å²) in [6.45, 7) is 2.78. The summed E-state index contributed by atoms with van der Waals surface area (Å²) in [5, 5.41) is 11.8. The second-order valence-electron chi connectivity index (χ2n) is 3.42. The second kappa shape index (κ2) is 4.31. The average molecular weight is 205 g/mol. The summed E-state index contributed by atoms with van der Waals surface area (Å²) in [5.74, 6) is 1.00. The summed E-state index contributed by atoms with van der Waals surface area (Å²) in [6.07, 6.45) is 0.911. The molecule has 0 saturated carbocycles. The van der Waals surface area contributed by atoms with E-state index in [0.29, 0.717) is 6.54 Å². The molecule has 0 bridgehead atoms. The number of nitrogens with one attached hydrogen (secondary N) is 2. The van der Waals surface area contributed by atoms with E-state index in [9.17, 15) is 0 Å². The Hall–Kier alpha value is -1.55. The number of fused-ring (bicyclic) bond motifs is 1. The monoisotopic (exact) mass is 205 g/mol. The second-order valence-corrected chi connectivity index (χ2v) is 3.42. The Kier molecular flexibility index (Phi) is 2.87. The van der Waals surface area contributed by atoms with Gasteiger partial charge in [-0.1, -0.05) is 6.92 Å². The zero-order valence-electron chi connectivity index (χ0n) is 8.75. The Morgan fingerprint density at radius 3 is 3.07 bits per heavy atom. The number of H-pyrrole nitrogens is 1. The molecule has 0 aliphatic rings. The van der Waals surface area contributed by atoms with Crippen LogP contribution >= 0.6 is 0 Å². The molecule has 3 N–H and O–H groups in total. The van der Waals surface area contributed by atoms with E-state index in [1.54, 1.807) is 0 Å². The minimum absolute atomic E-state index is 0.140. The van der Waals surface area contributed by atoms with Crippen LogP contribution in [0.1, 0.15) is 12.7 Å². The zero-order chi connectivity index (χ0) is 10.7. The SMILES string of the molecule is CCc1nc2ccc(NCCO)cc2[nH]1. The summed E-state index contributed by atoms with van der Waals surface area (Å²) >= 11 is 0. The normalized spacial score (nSPS) is 10.8. The number of aliphatic hydroxyl groups excluding tert-OH is 1. The van der Waals surface area contributed by atoms with Crippen LogP contribution in [0.4, 0.5) is 5.69 Å². The minimum atomic E-state index is 0.140. The highest BCUT2D eigenvalue weighted by Crippen LogP contribution is 2.17. The molecular formula is C11H15N3O. The van der Waals surface area contributed by atoms with Crippen molar-refractivity contribution in [3.63, 3.8) is 0 Å². The fourth-order valence-electron chi connectivity index (χ4n) is 1.54. The van der Waals surface area contributed by atoms with E-state index in [1.807, 2.05) is 18.2 Å². The lowest BCUT2D eigenvalue weighted by Crippen LogP contribution is -2.04. The fraction of sp³-hybridized carbons (Fsp3) is 0.364. The van der Waals surface area contributed by atoms with Gasteiger partial charge in [-0.25, -0.2) is 4.98 Å². The molecule has 0 aliphatic carbocycles. The summed E-state index contributed by atoms with van der Waals surface area (Å²) in [7, 11) is 0. The highest BCUT2D eigenvalue weighted by Gasteiger charge is 2.01. The first-order chi connectivity index (χ1) is 7.33. The first kappa shape index (κ1) is 9.98. The molecule has 4 nitrogen and oxygen atoms in total. The van der Waals surface area contributed by atoms with Crippen LogP contribution in [0.2, 0.25) is 0 Å². The molecule has 2 aromatic rings. The zero-order valence-corrected chi connectivity index (χ0v) is 8.75. The Labute approximate surface area is 88.3 Å². The van der Waals surface area contributed by atoms with Gasteiger partial charge in [0.15, 0.2) is 0 Å². The van der Waals surface area contributed by atoms with Gasteiger partial charge in [0.2, 0.25) is 0 Å². The van der Waals surface area contributed by atoms with Gasteiger partial charge >= 0.3 is 0 Å². The van der Waals surface area contributed by atoms with Gasteiger partial charge in [-0.2, -0.15) is 0 Å². The van der Waals surface area contributed by atoms with Gasteiger partial charge in [0.25, 0.3) is 0 Å². The lowest BCUT2D eigenvalue weighted by Gasteiger charge is -2.02. The quantitative estimate of drug-likeness (QED) is 0.709. The Balaban J connectivity index is 2.29. The van der Waals surface area contributed by atoms with Crippen molar-refractivity contribution in [2.24, 2.45) is 0 Å². The van der Waals surface area contributed by atoms with E-state index < -0.39 is 0 Å². The number of anilines is 1. The molecule has 0 radical (unpaired) electrons. The fourth-order valence-corrected chi connectivity index (χ4v) is 1.54. The van der Waals surface area contributed by atoms with Crippen molar-refractivity contribution >= 4 is 16.7 Å². The summed E-state index contributed by atoms with van der Waals surface area (Å²) in [4.78, 5) is 7.67. The first-order valence-corrected chi connectivity index (χ1v) is 5.17. The molecule has 0 unspecified atom stereocenters. The van der Waals surface area contributed by atoms with Crippen molar-refractivity contribution in [2.45, 2.75) is 13.3 Å². The first-order valence-electron chi connectivity index (χ1n) is 5.17. The van der Waals surface area contributed by atoms with Crippen molar-refractivity contribution in [3.8, 4) is 0 Å². The van der Waals surface area contributed by atoms with Crippen LogP contribution < -0.4 is 5.32 Å². The molecule has 0 atom stereocenters. The van der Waals surface area contributed by atoms with Gasteiger partial charge < -0.3 is 15.4 Å². The number of nitrogens with zero attached hydrogens (tertiary/aromatic N) is 1. The summed E-state index contributed by atoms with van der Waals surface area (Å²) in [5.41, 5.74) is 3.03. The molecule has 0 fully saturated rings. The van der Waals surface area contributed by atoms with E-state index >= 15 is 0 Å². The van der Waals surface area contributed by atoms with Gasteiger partial charge in [0.05, 0.1) is 17.6 Å². The number of imidazole rings is 1. The van der Waals surface area contributed by atoms with E-state index in [0.717, 1.165) is 29.0 Å². The van der Waals surface area contributed by atoms with Crippen molar-refractivity contribution in [2.75, 3.05) is 18.5 Å². The largest absolute Gasteiger partial charge is 0.395 e. The topological polar surface area (TPSA) is 60.9 Å². The van der Waals surface area contributed by atoms with Gasteiger partial charge in [-0.05, 0) is 18.2 Å². The van der Waals surface area contributed by atoms with Crippen molar-refractivity contribution in [1.29, 1.82) is 0 Å². The molecule has 1 aromatic heterocycles. The third-order valence-electron chi connectivity index (χ3n) is 2.31. The third kappa shape index (κ3) is 2.10. The Morgan fingerprint density at radius 2 is 2.33 bits per heavy atom. The van der Waals surface area contributed by atoms with Crippen molar-refractivity contribution in [3.05, 3.63) is 24.0 Å². The van der Waals surface area contributed by atoms with Crippen LogP contribution in [0.3, 0.4) is 0 Å². The van der Waals surface area contributed by atoms with Gasteiger partial charge in [-0.15, -0.1) is 0 Å². The molecule has 0 saturated heterocycles. The molecule has 4 heteroatoms. The smallest absolute Gasteiger partial charge is 0.106 e. The molecule has 0 amide bonds. The highest BCUT2D eigenvalue weighted by atomic mass is 16.3. The number of benzene rings is 1. The molecule has 2 rings (SSSR count). The van der Waals surface area contributed by atoms with Gasteiger partial charge in [0, 0.05) is 18.7 Å². The number of hydrogen-bond acceptors (Lipinski definition) is 3. The van der Waals surface area contributed by atoms with Crippen LogP contribution in [0.5, 0.6) is 0 Å². The molecule has 1 aromatic carbocycles. The van der Waals surface area contributed by atoms with E-state index in [1.165, 1.54) is 0 Å². The molecular weight excluding hydrogens is 190 g/mol. The summed E-state index contributed by atoms with van der Waals surface area (Å²) < 4.78 is 0. The van der Waals surface area contributed by atoms with Crippen LogP contribution in [0, 0.1) is 0 Å². The molecule has 1 heterocycles. The highest BCUT2D eigenvalue weighted by molar-refractivity contribution is 5.79. The predicted molar refractivity (Wildman–Crippen MR) is 61.0 cm³/mol. The van der Waals surface area contributed by atoms with Crippen LogP contribution in [0.15, 0.2) is 18.2 Å². The van der Waals surface area contributed by atoms with E-state index in [4.69, 9.17) is 5.11 Å². The molecule has 80 valence electrons. The predicted octanol–water partition coefficient (Wildman–Crippen LogP) is 1.53. The Morgan fingerprint density at radius 1 is 1.47 bits per heavy atom. The maximum atomic E-state index is 8.70. The number of hydrogen-bond donors (Lipinski definition) is 3. The third-order valence-corrected chi connectivity index (χ3v) is 2.31. The average Bonchev–Trinajstić information content (AvgIpc) is 2.68. The minimum Gasteiger partial charge on any atom is -0.395 e. The maximum absolute atomic E-state index is 8.70. The van der Waals surface area contributed by atoms with E-state index in [-0.39, 0.29) is 6.61 Å². The standard InChI is InChI=1S/C11H15N3O/c1-2-11-13-9-4-3-8(12-5-6-15)7-10(9)14-11/h3-4,7,12,15H,2,5-6H2,1H3,(H,13,14). The van der Waals surface area contributed by atoms with Crippen LogP contribution in [-0.4, -0.2) is 28.2 Å². The summed E-state index contributed by atoms with van der Waals surface area (Å²) in [6, 6.07) is 5.96. The van der Waals surface area contributed by atoms with Gasteiger partial charge in [-0.3, -0.25) is 0 Å². The van der Waals surface area contributed by atoms with Crippen molar-refractivity contribution < 1.29 is 5.11 Å². The number of aromatic amines is 1. The molecule has 0 aliphatic heterocycles. The van der Waals surface area contributed by atoms with Crippen LogP contribution in [0.25, 0.3) is 11.0 Å². The number of rotatable bonds is 4. The number of aromatic nitrogens is 2. The lowest BCUT2D eigenvalue weighted by atomic mass is 10.3. The van der Waals surface area contributed by atoms with Gasteiger partial charge in [0.1, 0.15) is 5.82 Å². The van der Waals surface area contributed by atoms with Crippen LogP contribution in [-0.2, 0) is 6.42 Å². The Bertz CT molecular complexity index is 450. The number of aryl methyl sites for hydroxylation is 1. The maximum Gasteiger partial charge on any atom is 0.106 e. The molecule has 15 heavy (non-hydrogen) atoms. The van der Waals surface area contributed by atoms with E-state index in [2.05, 4.69) is 22.2 Å². The number of aliphatic hydroxyl groups is 1. The molecule has 0 spiro atoms. The van der Waals surface area contributed by atoms with Crippen molar-refractivity contribution in [1.82, 2.24) is 9.97 Å². The lowest BCUT2D eigenvalue weighted by molar-refractivity contribution is 0.311.